The second kappa shape index (κ2) is 16.3. The largest absolute Gasteiger partial charge is 0.491 e. The van der Waals surface area contributed by atoms with Crippen molar-refractivity contribution < 1.29 is 14.3 Å². The first kappa shape index (κ1) is 27.7. The minimum absolute atomic E-state index is 0. The number of benzene rings is 2. The van der Waals surface area contributed by atoms with E-state index >= 15 is 0 Å². The summed E-state index contributed by atoms with van der Waals surface area (Å²) >= 11 is 0. The fourth-order valence-electron chi connectivity index (χ4n) is 2.88. The van der Waals surface area contributed by atoms with E-state index < -0.39 is 0 Å². The molecule has 0 saturated heterocycles. The highest BCUT2D eigenvalue weighted by Crippen LogP contribution is 2.20. The minimum atomic E-state index is -0.00433. The molecule has 0 aromatic heterocycles. The van der Waals surface area contributed by atoms with Crippen LogP contribution in [0.2, 0.25) is 0 Å². The molecule has 2 aromatic carbocycles. The summed E-state index contributed by atoms with van der Waals surface area (Å²) < 4.78 is 11.2. The van der Waals surface area contributed by atoms with Gasteiger partial charge in [-0.15, -0.1) is 24.0 Å². The fourth-order valence-corrected chi connectivity index (χ4v) is 2.88. The van der Waals surface area contributed by atoms with Crippen LogP contribution in [0.4, 0.5) is 0 Å². The van der Waals surface area contributed by atoms with Gasteiger partial charge in [0, 0.05) is 45.3 Å². The second-order valence-corrected chi connectivity index (χ2v) is 7.02. The van der Waals surface area contributed by atoms with E-state index in [0.717, 1.165) is 22.4 Å². The Morgan fingerprint density at radius 3 is 2.50 bits per heavy atom. The second-order valence-electron chi connectivity index (χ2n) is 7.02. The molecule has 7 nitrogen and oxygen atoms in total. The quantitative estimate of drug-likeness (QED) is 0.162. The summed E-state index contributed by atoms with van der Waals surface area (Å²) in [4.78, 5) is 16.3. The predicted molar refractivity (Wildman–Crippen MR) is 140 cm³/mol. The molecule has 0 aliphatic heterocycles. The summed E-state index contributed by atoms with van der Waals surface area (Å²) in [5.41, 5.74) is 3.25. The van der Waals surface area contributed by atoms with Crippen molar-refractivity contribution in [2.24, 2.45) is 4.99 Å². The number of aryl methyl sites for hydroxylation is 1. The first-order chi connectivity index (χ1) is 15.1. The zero-order chi connectivity index (χ0) is 22.3. The van der Waals surface area contributed by atoms with Gasteiger partial charge in [0.1, 0.15) is 12.4 Å². The molecule has 0 bridgehead atoms. The number of halogens is 1. The van der Waals surface area contributed by atoms with Gasteiger partial charge in [-0.2, -0.15) is 0 Å². The van der Waals surface area contributed by atoms with E-state index in [2.05, 4.69) is 27.0 Å². The molecule has 3 N–H and O–H groups in total. The maximum absolute atomic E-state index is 12.1. The average molecular weight is 554 g/mol. The SMILES string of the molecule is CCOCCOc1cc(C)ccc1CNC(=NC)NCCC(=O)NCc1ccccc1.I. The molecular weight excluding hydrogens is 519 g/mol. The Kier molecular flexibility index (Phi) is 14.1. The van der Waals surface area contributed by atoms with Gasteiger partial charge in [-0.05, 0) is 31.0 Å². The predicted octanol–water partition coefficient (Wildman–Crippen LogP) is 3.40. The van der Waals surface area contributed by atoms with E-state index in [4.69, 9.17) is 9.47 Å². The number of hydrogen-bond donors (Lipinski definition) is 3. The maximum Gasteiger partial charge on any atom is 0.222 e. The zero-order valence-corrected chi connectivity index (χ0v) is 21.5. The maximum atomic E-state index is 12.1. The number of amides is 1. The number of rotatable bonds is 12. The number of nitrogens with one attached hydrogen (secondary N) is 3. The first-order valence-electron chi connectivity index (χ1n) is 10.7. The molecule has 0 saturated carbocycles. The van der Waals surface area contributed by atoms with Gasteiger partial charge >= 0.3 is 0 Å². The Morgan fingerprint density at radius 1 is 1.00 bits per heavy atom. The van der Waals surface area contributed by atoms with Crippen molar-refractivity contribution in [3.63, 3.8) is 0 Å². The Hall–Kier alpha value is -2.33. The summed E-state index contributed by atoms with van der Waals surface area (Å²) in [6.45, 7) is 7.34. The third-order valence-corrected chi connectivity index (χ3v) is 4.56. The lowest BCUT2D eigenvalue weighted by Gasteiger charge is -2.15. The van der Waals surface area contributed by atoms with Gasteiger partial charge in [0.25, 0.3) is 0 Å². The Morgan fingerprint density at radius 2 is 1.78 bits per heavy atom. The van der Waals surface area contributed by atoms with Crippen molar-refractivity contribution in [1.29, 1.82) is 0 Å². The molecule has 1 amide bonds. The number of aliphatic imine (C=N–C) groups is 1. The van der Waals surface area contributed by atoms with Gasteiger partial charge in [-0.25, -0.2) is 0 Å². The topological polar surface area (TPSA) is 84.0 Å². The molecule has 2 aromatic rings. The molecular formula is C24H35IN4O3. The van der Waals surface area contributed by atoms with Crippen molar-refractivity contribution in [3.05, 3.63) is 65.2 Å². The van der Waals surface area contributed by atoms with E-state index in [-0.39, 0.29) is 29.9 Å². The summed E-state index contributed by atoms with van der Waals surface area (Å²) in [6, 6.07) is 16.0. The molecule has 0 atom stereocenters. The van der Waals surface area contributed by atoms with Crippen molar-refractivity contribution in [2.75, 3.05) is 33.4 Å². The highest BCUT2D eigenvalue weighted by atomic mass is 127. The number of hydrogen-bond acceptors (Lipinski definition) is 4. The van der Waals surface area contributed by atoms with Gasteiger partial charge in [0.2, 0.25) is 5.91 Å². The fraction of sp³-hybridized carbons (Fsp3) is 0.417. The van der Waals surface area contributed by atoms with Crippen molar-refractivity contribution in [2.45, 2.75) is 33.4 Å². The van der Waals surface area contributed by atoms with E-state index in [0.29, 0.717) is 51.8 Å². The summed E-state index contributed by atoms with van der Waals surface area (Å²) in [6.07, 6.45) is 0.365. The molecule has 0 unspecified atom stereocenters. The van der Waals surface area contributed by atoms with Crippen LogP contribution in [0.3, 0.4) is 0 Å². The van der Waals surface area contributed by atoms with E-state index in [1.54, 1.807) is 7.05 Å². The highest BCUT2D eigenvalue weighted by Gasteiger charge is 2.07. The minimum Gasteiger partial charge on any atom is -0.491 e. The van der Waals surface area contributed by atoms with Crippen LogP contribution in [0.25, 0.3) is 0 Å². The number of guanidine groups is 1. The number of ether oxygens (including phenoxy) is 2. The van der Waals surface area contributed by atoms with Crippen molar-refractivity contribution in [3.8, 4) is 5.75 Å². The number of carbonyl (C=O) groups is 1. The molecule has 176 valence electrons. The highest BCUT2D eigenvalue weighted by molar-refractivity contribution is 14.0. The lowest BCUT2D eigenvalue weighted by Crippen LogP contribution is -2.39. The Balaban J connectivity index is 0.00000512. The summed E-state index contributed by atoms with van der Waals surface area (Å²) in [5, 5.41) is 9.38. The molecule has 0 spiro atoms. The van der Waals surface area contributed by atoms with E-state index in [1.807, 2.05) is 56.3 Å². The molecule has 0 radical (unpaired) electrons. The lowest BCUT2D eigenvalue weighted by atomic mass is 10.1. The van der Waals surface area contributed by atoms with Crippen LogP contribution in [0, 0.1) is 6.92 Å². The molecule has 0 heterocycles. The smallest absolute Gasteiger partial charge is 0.222 e. The average Bonchev–Trinajstić information content (AvgIpc) is 2.79. The van der Waals surface area contributed by atoms with Crippen LogP contribution in [0.5, 0.6) is 5.75 Å². The van der Waals surface area contributed by atoms with E-state index in [9.17, 15) is 4.79 Å². The van der Waals surface area contributed by atoms with Crippen LogP contribution in [-0.2, 0) is 22.6 Å². The first-order valence-corrected chi connectivity index (χ1v) is 10.7. The lowest BCUT2D eigenvalue weighted by molar-refractivity contribution is -0.121. The normalized spacial score (nSPS) is 10.8. The Bertz CT molecular complexity index is 831. The van der Waals surface area contributed by atoms with Gasteiger partial charge in [-0.1, -0.05) is 42.5 Å². The van der Waals surface area contributed by atoms with Gasteiger partial charge in [0.05, 0.1) is 6.61 Å². The summed E-state index contributed by atoms with van der Waals surface area (Å²) in [5.74, 6) is 1.47. The van der Waals surface area contributed by atoms with Gasteiger partial charge in [-0.3, -0.25) is 9.79 Å². The molecule has 0 fully saturated rings. The molecule has 8 heteroatoms. The zero-order valence-electron chi connectivity index (χ0n) is 19.1. The molecule has 0 aliphatic carbocycles. The monoisotopic (exact) mass is 554 g/mol. The number of carbonyl (C=O) groups excluding carboxylic acids is 1. The third kappa shape index (κ3) is 10.8. The third-order valence-electron chi connectivity index (χ3n) is 4.56. The van der Waals surface area contributed by atoms with Gasteiger partial charge < -0.3 is 25.4 Å². The molecule has 0 aliphatic rings. The van der Waals surface area contributed by atoms with Crippen LogP contribution >= 0.6 is 24.0 Å². The van der Waals surface area contributed by atoms with Crippen LogP contribution in [0.15, 0.2) is 53.5 Å². The van der Waals surface area contributed by atoms with E-state index in [1.165, 1.54) is 0 Å². The van der Waals surface area contributed by atoms with Gasteiger partial charge in [0.15, 0.2) is 5.96 Å². The molecule has 2 rings (SSSR count). The van der Waals surface area contributed by atoms with Crippen LogP contribution in [0.1, 0.15) is 30.0 Å². The van der Waals surface area contributed by atoms with Crippen LogP contribution in [-0.4, -0.2) is 45.3 Å². The molecule has 32 heavy (non-hydrogen) atoms. The summed E-state index contributed by atoms with van der Waals surface area (Å²) in [7, 11) is 1.71. The Labute approximate surface area is 208 Å². The number of nitrogens with zero attached hydrogens (tertiary/aromatic N) is 1. The van der Waals surface area contributed by atoms with Crippen LogP contribution < -0.4 is 20.7 Å². The standard InChI is InChI=1S/C24H34N4O3.HI/c1-4-30-14-15-31-22-16-19(2)10-11-21(22)18-28-24(25-3)26-13-12-23(29)27-17-20-8-6-5-7-9-20;/h5-11,16H,4,12-15,17-18H2,1-3H3,(H,27,29)(H2,25,26,28);1H. The van der Waals surface area contributed by atoms with Crippen molar-refractivity contribution in [1.82, 2.24) is 16.0 Å². The van der Waals surface area contributed by atoms with Crippen molar-refractivity contribution >= 4 is 35.8 Å².